The average Bonchev–Trinajstić information content (AvgIpc) is 2.71. The third-order valence-corrected chi connectivity index (χ3v) is 6.51. The van der Waals surface area contributed by atoms with Gasteiger partial charge in [0.1, 0.15) is 5.71 Å². The second kappa shape index (κ2) is 7.95. The van der Waals surface area contributed by atoms with Crippen LogP contribution in [-0.4, -0.2) is 28.6 Å². The molecule has 1 N–H and O–H groups in total. The van der Waals surface area contributed by atoms with Crippen molar-refractivity contribution < 1.29 is 14.7 Å². The Hall–Kier alpha value is -2.53. The lowest BCUT2D eigenvalue weighted by Gasteiger charge is -2.36. The van der Waals surface area contributed by atoms with E-state index < -0.39 is 12.0 Å². The maximum Gasteiger partial charge on any atom is 0.328 e. The van der Waals surface area contributed by atoms with E-state index in [1.54, 1.807) is 0 Å². The third kappa shape index (κ3) is 4.04. The fraction of sp³-hybridized carbons (Fsp3) is 0.320. The number of rotatable bonds is 4. The Morgan fingerprint density at radius 2 is 1.77 bits per heavy atom. The molecule has 0 unspecified atom stereocenters. The molecular formula is C25H24BrNO3. The van der Waals surface area contributed by atoms with E-state index in [0.29, 0.717) is 6.42 Å². The molecule has 2 aromatic rings. The number of aliphatic imine (C=N–C) groups is 1. The second-order valence-electron chi connectivity index (χ2n) is 8.84. The molecule has 0 aromatic heterocycles. The predicted molar refractivity (Wildman–Crippen MR) is 122 cm³/mol. The van der Waals surface area contributed by atoms with Crippen molar-refractivity contribution in [1.29, 1.82) is 0 Å². The first kappa shape index (κ1) is 20.7. The molecule has 4 rings (SSSR count). The standard InChI is InChI=1S/C25H24BrNO3/c1-25(2)12-11-19-20(14-25)17-5-3-4-6-18(17)22(23(19)28)27-21(24(29)30)13-15-7-9-16(26)10-8-15/h3-10,21H,11-14H2,1-2H3,(H,29,30)/b27-22-/t21-/m0/s1. The van der Waals surface area contributed by atoms with Crippen molar-refractivity contribution in [2.45, 2.75) is 45.6 Å². The molecule has 0 radical (unpaired) electrons. The van der Waals surface area contributed by atoms with Crippen LogP contribution in [0, 0.1) is 5.41 Å². The first-order valence-corrected chi connectivity index (χ1v) is 11.0. The van der Waals surface area contributed by atoms with Crippen LogP contribution < -0.4 is 0 Å². The van der Waals surface area contributed by atoms with Gasteiger partial charge in [-0.05, 0) is 53.5 Å². The summed E-state index contributed by atoms with van der Waals surface area (Å²) < 4.78 is 0.931. The number of halogens is 1. The monoisotopic (exact) mass is 465 g/mol. The van der Waals surface area contributed by atoms with Crippen LogP contribution in [-0.2, 0) is 16.0 Å². The normalized spacial score (nSPS) is 20.0. The number of carboxylic acids is 1. The van der Waals surface area contributed by atoms with Crippen LogP contribution >= 0.6 is 15.9 Å². The van der Waals surface area contributed by atoms with Gasteiger partial charge in [-0.2, -0.15) is 0 Å². The maximum atomic E-state index is 13.4. The molecule has 1 atom stereocenters. The van der Waals surface area contributed by atoms with Crippen LogP contribution in [0.3, 0.4) is 0 Å². The molecule has 0 saturated heterocycles. The molecule has 0 amide bonds. The van der Waals surface area contributed by atoms with Crippen LogP contribution in [0.4, 0.5) is 0 Å². The Kier molecular flexibility index (Phi) is 5.49. The van der Waals surface area contributed by atoms with Gasteiger partial charge in [0.2, 0.25) is 5.78 Å². The Balaban J connectivity index is 1.77. The Bertz CT molecular complexity index is 1080. The van der Waals surface area contributed by atoms with E-state index in [4.69, 9.17) is 0 Å². The van der Waals surface area contributed by atoms with Gasteiger partial charge >= 0.3 is 5.97 Å². The fourth-order valence-electron chi connectivity index (χ4n) is 4.33. The van der Waals surface area contributed by atoms with Gasteiger partial charge in [0.15, 0.2) is 6.04 Å². The zero-order chi connectivity index (χ0) is 21.5. The Morgan fingerprint density at radius 1 is 1.10 bits per heavy atom. The summed E-state index contributed by atoms with van der Waals surface area (Å²) in [5.41, 5.74) is 4.98. The lowest BCUT2D eigenvalue weighted by atomic mass is 9.68. The third-order valence-electron chi connectivity index (χ3n) is 5.98. The lowest BCUT2D eigenvalue weighted by molar-refractivity contribution is -0.138. The summed E-state index contributed by atoms with van der Waals surface area (Å²) in [4.78, 5) is 29.9. The van der Waals surface area contributed by atoms with E-state index in [9.17, 15) is 14.7 Å². The highest BCUT2D eigenvalue weighted by molar-refractivity contribution is 9.10. The molecule has 2 aliphatic carbocycles. The molecular weight excluding hydrogens is 442 g/mol. The first-order valence-electron chi connectivity index (χ1n) is 10.2. The van der Waals surface area contributed by atoms with Crippen LogP contribution in [0.5, 0.6) is 0 Å². The lowest BCUT2D eigenvalue weighted by Crippen LogP contribution is -2.32. The SMILES string of the molecule is CC1(C)CCC2=C(C1)c1ccccc1/C(=N/[C@@H](Cc1ccc(Br)cc1)C(=O)O)C2=O. The molecule has 0 spiro atoms. The van der Waals surface area contributed by atoms with Crippen molar-refractivity contribution in [3.8, 4) is 0 Å². The summed E-state index contributed by atoms with van der Waals surface area (Å²) in [7, 11) is 0. The maximum absolute atomic E-state index is 13.4. The first-order chi connectivity index (χ1) is 14.2. The highest BCUT2D eigenvalue weighted by atomic mass is 79.9. The minimum absolute atomic E-state index is 0.110. The molecule has 0 aliphatic heterocycles. The van der Waals surface area contributed by atoms with Gasteiger partial charge in [-0.15, -0.1) is 0 Å². The van der Waals surface area contributed by atoms with Crippen molar-refractivity contribution >= 4 is 39.0 Å². The van der Waals surface area contributed by atoms with Gasteiger partial charge < -0.3 is 5.11 Å². The molecule has 0 fully saturated rings. The van der Waals surface area contributed by atoms with Gasteiger partial charge in [-0.25, -0.2) is 4.79 Å². The van der Waals surface area contributed by atoms with E-state index in [1.165, 1.54) is 0 Å². The number of carbonyl (C=O) groups excluding carboxylic acids is 1. The smallest absolute Gasteiger partial charge is 0.328 e. The summed E-state index contributed by atoms with van der Waals surface area (Å²) >= 11 is 3.39. The summed E-state index contributed by atoms with van der Waals surface area (Å²) in [6.07, 6.45) is 2.73. The Morgan fingerprint density at radius 3 is 2.43 bits per heavy atom. The predicted octanol–water partition coefficient (Wildman–Crippen LogP) is 5.48. The zero-order valence-corrected chi connectivity index (χ0v) is 18.7. The van der Waals surface area contributed by atoms with Gasteiger partial charge in [0.25, 0.3) is 0 Å². The number of ketones is 1. The molecule has 30 heavy (non-hydrogen) atoms. The summed E-state index contributed by atoms with van der Waals surface area (Å²) in [5.74, 6) is -1.14. The number of carbonyl (C=O) groups is 2. The van der Waals surface area contributed by atoms with E-state index in [1.807, 2.05) is 48.5 Å². The van der Waals surface area contributed by atoms with Crippen molar-refractivity contribution in [3.05, 3.63) is 75.3 Å². The van der Waals surface area contributed by atoms with Gasteiger partial charge in [-0.3, -0.25) is 9.79 Å². The van der Waals surface area contributed by atoms with E-state index in [-0.39, 0.29) is 23.3 Å². The second-order valence-corrected chi connectivity index (χ2v) is 9.75. The van der Waals surface area contributed by atoms with Gasteiger partial charge in [-0.1, -0.05) is 66.2 Å². The highest BCUT2D eigenvalue weighted by Gasteiger charge is 2.37. The fourth-order valence-corrected chi connectivity index (χ4v) is 4.59. The summed E-state index contributed by atoms with van der Waals surface area (Å²) in [5, 5.41) is 9.82. The Labute approximate surface area is 184 Å². The minimum Gasteiger partial charge on any atom is -0.480 e. The van der Waals surface area contributed by atoms with Gasteiger partial charge in [0, 0.05) is 22.0 Å². The largest absolute Gasteiger partial charge is 0.480 e. The average molecular weight is 466 g/mol. The number of fused-ring (bicyclic) bond motifs is 2. The number of benzene rings is 2. The molecule has 0 heterocycles. The number of hydrogen-bond acceptors (Lipinski definition) is 3. The van der Waals surface area contributed by atoms with Crippen molar-refractivity contribution in [3.63, 3.8) is 0 Å². The van der Waals surface area contributed by atoms with Crippen molar-refractivity contribution in [2.75, 3.05) is 0 Å². The van der Waals surface area contributed by atoms with Crippen LogP contribution in [0.25, 0.3) is 5.57 Å². The van der Waals surface area contributed by atoms with E-state index in [2.05, 4.69) is 34.8 Å². The molecule has 0 saturated carbocycles. The molecule has 2 aliphatic rings. The summed E-state index contributed by atoms with van der Waals surface area (Å²) in [6, 6.07) is 14.3. The van der Waals surface area contributed by atoms with Crippen LogP contribution in [0.15, 0.2) is 63.6 Å². The topological polar surface area (TPSA) is 66.7 Å². The van der Waals surface area contributed by atoms with Crippen molar-refractivity contribution in [1.82, 2.24) is 0 Å². The number of aliphatic carboxylic acids is 1. The molecule has 5 heteroatoms. The molecule has 4 nitrogen and oxygen atoms in total. The van der Waals surface area contributed by atoms with Gasteiger partial charge in [0.05, 0.1) is 0 Å². The number of carboxylic acid groups (broad SMARTS) is 1. The molecule has 154 valence electrons. The molecule has 0 bridgehead atoms. The quantitative estimate of drug-likeness (QED) is 0.649. The molecule has 2 aromatic carbocycles. The van der Waals surface area contributed by atoms with E-state index in [0.717, 1.165) is 45.2 Å². The summed E-state index contributed by atoms with van der Waals surface area (Å²) in [6.45, 7) is 4.46. The zero-order valence-electron chi connectivity index (χ0n) is 17.1. The number of nitrogens with zero attached hydrogens (tertiary/aromatic N) is 1. The minimum atomic E-state index is -1.03. The van der Waals surface area contributed by atoms with E-state index >= 15 is 0 Å². The van der Waals surface area contributed by atoms with Crippen LogP contribution in [0.2, 0.25) is 0 Å². The van der Waals surface area contributed by atoms with Crippen molar-refractivity contribution in [2.24, 2.45) is 10.4 Å². The van der Waals surface area contributed by atoms with Crippen LogP contribution in [0.1, 0.15) is 49.8 Å². The number of Topliss-reactive ketones (excluding diaryl/α,β-unsaturated/α-hetero) is 1. The number of allylic oxidation sites excluding steroid dienone is 2. The number of hydrogen-bond donors (Lipinski definition) is 1. The highest BCUT2D eigenvalue weighted by Crippen LogP contribution is 2.46.